The second-order valence-corrected chi connectivity index (χ2v) is 9.88. The molecule has 0 radical (unpaired) electrons. The smallest absolute Gasteiger partial charge is 0.307 e. The third-order valence-corrected chi connectivity index (χ3v) is 7.19. The summed E-state index contributed by atoms with van der Waals surface area (Å²) in [6, 6.07) is 16.3. The molecule has 0 aliphatic rings. The normalized spacial score (nSPS) is 11.5. The van der Waals surface area contributed by atoms with Crippen molar-refractivity contribution in [3.63, 3.8) is 0 Å². The van der Waals surface area contributed by atoms with Crippen LogP contribution in [0.25, 0.3) is 21.2 Å². The summed E-state index contributed by atoms with van der Waals surface area (Å²) < 4.78 is 23.1. The summed E-state index contributed by atoms with van der Waals surface area (Å²) in [6.45, 7) is 7.49. The molecule has 2 aromatic carbocycles. The van der Waals surface area contributed by atoms with Crippen LogP contribution in [0.5, 0.6) is 11.6 Å². The van der Waals surface area contributed by atoms with Crippen LogP contribution < -0.4 is 9.47 Å². The van der Waals surface area contributed by atoms with E-state index in [1.54, 1.807) is 38.5 Å². The molecule has 6 nitrogen and oxygen atoms in total. The summed E-state index contributed by atoms with van der Waals surface area (Å²) in [6.07, 6.45) is 1.91. The molecule has 0 spiro atoms. The lowest BCUT2D eigenvalue weighted by Crippen LogP contribution is -2.10. The minimum Gasteiger partial charge on any atom is -0.491 e. The van der Waals surface area contributed by atoms with Gasteiger partial charge in [-0.2, -0.15) is 0 Å². The third-order valence-electron chi connectivity index (χ3n) is 6.23. The molecule has 39 heavy (non-hydrogen) atoms. The number of carbonyl (C=O) groups excluding carboxylic acids is 1. The van der Waals surface area contributed by atoms with E-state index in [0.29, 0.717) is 32.3 Å². The second kappa shape index (κ2) is 13.8. The topological polar surface area (TPSA) is 66.9 Å². The molecule has 1 atom stereocenters. The standard InChI is InChI=1S/C32H33NO5S/c1-5-7-24(18-32(34)36-6-2)25-9-13-31(33-19-25)38-20-23-8-12-30-28(17-23)29(21-39-30)27-11-10-26(16-22(27)3)37-15-14-35-4/h8-13,16-17,19,21,24H,6,14-15,18,20H2,1-4H3. The lowest BCUT2D eigenvalue weighted by atomic mass is 9.98. The van der Waals surface area contributed by atoms with E-state index in [9.17, 15) is 4.79 Å². The monoisotopic (exact) mass is 543 g/mol. The van der Waals surface area contributed by atoms with E-state index >= 15 is 0 Å². The van der Waals surface area contributed by atoms with Gasteiger partial charge in [-0.3, -0.25) is 4.79 Å². The van der Waals surface area contributed by atoms with Crippen molar-refractivity contribution in [3.8, 4) is 34.6 Å². The molecule has 0 saturated heterocycles. The minimum atomic E-state index is -0.268. The third kappa shape index (κ3) is 7.38. The van der Waals surface area contributed by atoms with Crippen molar-refractivity contribution in [3.05, 3.63) is 76.8 Å². The van der Waals surface area contributed by atoms with Crippen LogP contribution in [-0.4, -0.2) is 37.9 Å². The maximum absolute atomic E-state index is 12.0. The highest BCUT2D eigenvalue weighted by Gasteiger charge is 2.16. The molecule has 0 saturated carbocycles. The Balaban J connectivity index is 1.45. The molecule has 0 fully saturated rings. The summed E-state index contributed by atoms with van der Waals surface area (Å²) >= 11 is 1.73. The van der Waals surface area contributed by atoms with Gasteiger partial charge in [0.2, 0.25) is 5.88 Å². The molecule has 2 heterocycles. The molecule has 4 aromatic rings. The average Bonchev–Trinajstić information content (AvgIpc) is 3.35. The number of thiophene rings is 1. The van der Waals surface area contributed by atoms with Crippen LogP contribution >= 0.6 is 11.3 Å². The van der Waals surface area contributed by atoms with Crippen molar-refractivity contribution >= 4 is 27.4 Å². The molecule has 1 unspecified atom stereocenters. The number of carbonyl (C=O) groups is 1. The predicted octanol–water partition coefficient (Wildman–Crippen LogP) is 6.94. The highest BCUT2D eigenvalue weighted by Crippen LogP contribution is 2.37. The molecule has 0 amide bonds. The number of methoxy groups -OCH3 is 1. The minimum absolute atomic E-state index is 0.197. The van der Waals surface area contributed by atoms with E-state index in [4.69, 9.17) is 18.9 Å². The molecule has 4 rings (SSSR count). The number of rotatable bonds is 12. The fourth-order valence-electron chi connectivity index (χ4n) is 4.30. The van der Waals surface area contributed by atoms with Crippen molar-refractivity contribution in [2.75, 3.05) is 26.9 Å². The number of pyridine rings is 1. The Kier molecular flexibility index (Phi) is 9.96. The van der Waals surface area contributed by atoms with Crippen molar-refractivity contribution in [2.45, 2.75) is 39.7 Å². The van der Waals surface area contributed by atoms with Crippen LogP contribution in [0.15, 0.2) is 60.1 Å². The highest BCUT2D eigenvalue weighted by atomic mass is 32.1. The number of aromatic nitrogens is 1. The van der Waals surface area contributed by atoms with Crippen molar-refractivity contribution in [2.24, 2.45) is 0 Å². The molecule has 202 valence electrons. The Morgan fingerprint density at radius 2 is 1.92 bits per heavy atom. The average molecular weight is 544 g/mol. The van der Waals surface area contributed by atoms with Crippen LogP contribution in [0.4, 0.5) is 0 Å². The van der Waals surface area contributed by atoms with E-state index < -0.39 is 0 Å². The van der Waals surface area contributed by atoms with Gasteiger partial charge >= 0.3 is 5.97 Å². The first-order valence-electron chi connectivity index (χ1n) is 12.9. The Morgan fingerprint density at radius 1 is 1.05 bits per heavy atom. The molecule has 0 N–H and O–H groups in total. The van der Waals surface area contributed by atoms with Gasteiger partial charge in [-0.15, -0.1) is 17.3 Å². The van der Waals surface area contributed by atoms with Crippen LogP contribution in [0.2, 0.25) is 0 Å². The molecular formula is C32H33NO5S. The lowest BCUT2D eigenvalue weighted by Gasteiger charge is -2.12. The van der Waals surface area contributed by atoms with Gasteiger partial charge in [0, 0.05) is 35.0 Å². The van der Waals surface area contributed by atoms with Crippen LogP contribution in [0, 0.1) is 18.8 Å². The summed E-state index contributed by atoms with van der Waals surface area (Å²) in [7, 11) is 1.67. The van der Waals surface area contributed by atoms with Gasteiger partial charge in [0.15, 0.2) is 0 Å². The van der Waals surface area contributed by atoms with Crippen molar-refractivity contribution in [1.82, 2.24) is 4.98 Å². The van der Waals surface area contributed by atoms with E-state index in [2.05, 4.69) is 59.5 Å². The Morgan fingerprint density at radius 3 is 2.64 bits per heavy atom. The maximum Gasteiger partial charge on any atom is 0.307 e. The van der Waals surface area contributed by atoms with E-state index in [0.717, 1.165) is 22.4 Å². The number of ether oxygens (including phenoxy) is 4. The molecular weight excluding hydrogens is 510 g/mol. The van der Waals surface area contributed by atoms with Gasteiger partial charge < -0.3 is 18.9 Å². The summed E-state index contributed by atoms with van der Waals surface area (Å²) in [5.74, 6) is 6.80. The Bertz CT molecular complexity index is 1470. The quantitative estimate of drug-likeness (QED) is 0.110. The number of aryl methyl sites for hydroxylation is 1. The van der Waals surface area contributed by atoms with Gasteiger partial charge in [0.1, 0.15) is 19.0 Å². The fourth-order valence-corrected chi connectivity index (χ4v) is 5.24. The number of hydrogen-bond donors (Lipinski definition) is 0. The van der Waals surface area contributed by atoms with E-state index in [1.165, 1.54) is 21.2 Å². The highest BCUT2D eigenvalue weighted by molar-refractivity contribution is 7.17. The number of esters is 1. The summed E-state index contributed by atoms with van der Waals surface area (Å²) in [5, 5.41) is 3.40. The maximum atomic E-state index is 12.0. The zero-order valence-electron chi connectivity index (χ0n) is 22.8. The number of hydrogen-bond acceptors (Lipinski definition) is 7. The van der Waals surface area contributed by atoms with Gasteiger partial charge in [-0.25, -0.2) is 4.98 Å². The van der Waals surface area contributed by atoms with Crippen LogP contribution in [0.3, 0.4) is 0 Å². The van der Waals surface area contributed by atoms with E-state index in [-0.39, 0.29) is 18.3 Å². The van der Waals surface area contributed by atoms with Gasteiger partial charge in [0.05, 0.1) is 25.6 Å². The summed E-state index contributed by atoms with van der Waals surface area (Å²) in [4.78, 5) is 16.4. The number of nitrogens with zero attached hydrogens (tertiary/aromatic N) is 1. The predicted molar refractivity (Wildman–Crippen MR) is 155 cm³/mol. The van der Waals surface area contributed by atoms with Crippen LogP contribution in [0.1, 0.15) is 42.9 Å². The van der Waals surface area contributed by atoms with Crippen LogP contribution in [-0.2, 0) is 20.9 Å². The first kappa shape index (κ1) is 28.2. The molecule has 7 heteroatoms. The largest absolute Gasteiger partial charge is 0.491 e. The molecule has 0 aliphatic heterocycles. The number of fused-ring (bicyclic) bond motifs is 1. The second-order valence-electron chi connectivity index (χ2n) is 8.97. The van der Waals surface area contributed by atoms with Gasteiger partial charge in [0.25, 0.3) is 0 Å². The summed E-state index contributed by atoms with van der Waals surface area (Å²) in [5.41, 5.74) is 5.46. The SMILES string of the molecule is CC#CC(CC(=O)OCC)c1ccc(OCc2ccc3scc(-c4ccc(OCCOC)cc4C)c3c2)nc1. The molecule has 2 aromatic heterocycles. The molecule has 0 aliphatic carbocycles. The fraction of sp³-hybridized carbons (Fsp3) is 0.312. The molecule has 0 bridgehead atoms. The van der Waals surface area contributed by atoms with E-state index in [1.807, 2.05) is 18.2 Å². The zero-order valence-corrected chi connectivity index (χ0v) is 23.6. The first-order valence-corrected chi connectivity index (χ1v) is 13.8. The first-order chi connectivity index (χ1) is 19.0. The van der Waals surface area contributed by atoms with Crippen molar-refractivity contribution in [1.29, 1.82) is 0 Å². The zero-order chi connectivity index (χ0) is 27.6. The Hall–Kier alpha value is -3.86. The number of benzene rings is 2. The lowest BCUT2D eigenvalue weighted by molar-refractivity contribution is -0.143. The van der Waals surface area contributed by atoms with Crippen molar-refractivity contribution < 1.29 is 23.7 Å². The Labute approximate surface area is 233 Å². The van der Waals surface area contributed by atoms with Gasteiger partial charge in [-0.1, -0.05) is 24.1 Å². The van der Waals surface area contributed by atoms with Gasteiger partial charge in [-0.05, 0) is 72.7 Å².